The van der Waals surface area contributed by atoms with Crippen molar-refractivity contribution in [3.63, 3.8) is 0 Å². The zero-order valence-electron chi connectivity index (χ0n) is 11.3. The highest BCUT2D eigenvalue weighted by Crippen LogP contribution is 2.18. The van der Waals surface area contributed by atoms with Crippen LogP contribution in [0.3, 0.4) is 0 Å². The van der Waals surface area contributed by atoms with Crippen molar-refractivity contribution in [1.29, 1.82) is 0 Å². The quantitative estimate of drug-likeness (QED) is 0.846. The first-order valence-electron chi connectivity index (χ1n) is 6.38. The first-order chi connectivity index (χ1) is 9.56. The molecule has 3 N–H and O–H groups in total. The fourth-order valence-electron chi connectivity index (χ4n) is 1.93. The van der Waals surface area contributed by atoms with Gasteiger partial charge in [-0.25, -0.2) is 8.42 Å². The van der Waals surface area contributed by atoms with Crippen LogP contribution >= 0.6 is 0 Å². The molecule has 0 spiro atoms. The van der Waals surface area contributed by atoms with E-state index in [4.69, 9.17) is 5.73 Å². The van der Waals surface area contributed by atoms with Crippen LogP contribution in [0.4, 0.5) is 5.69 Å². The highest BCUT2D eigenvalue weighted by molar-refractivity contribution is 7.92. The SMILES string of the molecule is CCCn1cc(S(=O)(=O)Nc2ccncc2)cc1CN. The highest BCUT2D eigenvalue weighted by Gasteiger charge is 2.18. The lowest BCUT2D eigenvalue weighted by molar-refractivity contribution is 0.600. The van der Waals surface area contributed by atoms with E-state index in [9.17, 15) is 8.42 Å². The fourth-order valence-corrected chi connectivity index (χ4v) is 3.05. The predicted octanol–water partition coefficient (Wildman–Crippen LogP) is 1.55. The van der Waals surface area contributed by atoms with Crippen molar-refractivity contribution >= 4 is 15.7 Å². The average molecular weight is 294 g/mol. The minimum absolute atomic E-state index is 0.225. The topological polar surface area (TPSA) is 90.0 Å². The Kier molecular flexibility index (Phi) is 4.41. The van der Waals surface area contributed by atoms with Crippen LogP contribution in [-0.4, -0.2) is 18.0 Å². The lowest BCUT2D eigenvalue weighted by atomic mass is 10.4. The molecule has 0 unspecified atom stereocenters. The summed E-state index contributed by atoms with van der Waals surface area (Å²) in [6, 6.07) is 4.81. The molecular weight excluding hydrogens is 276 g/mol. The van der Waals surface area contributed by atoms with E-state index in [2.05, 4.69) is 9.71 Å². The number of sulfonamides is 1. The Morgan fingerprint density at radius 3 is 2.65 bits per heavy atom. The third kappa shape index (κ3) is 3.17. The maximum atomic E-state index is 12.3. The molecule has 0 aliphatic heterocycles. The van der Waals surface area contributed by atoms with E-state index in [1.807, 2.05) is 11.5 Å². The zero-order valence-corrected chi connectivity index (χ0v) is 12.1. The molecule has 108 valence electrons. The molecule has 0 radical (unpaired) electrons. The molecule has 0 aliphatic rings. The van der Waals surface area contributed by atoms with E-state index in [1.165, 1.54) is 12.4 Å². The monoisotopic (exact) mass is 294 g/mol. The van der Waals surface area contributed by atoms with Crippen molar-refractivity contribution in [2.75, 3.05) is 4.72 Å². The van der Waals surface area contributed by atoms with Crippen LogP contribution in [0.5, 0.6) is 0 Å². The molecule has 0 saturated heterocycles. The van der Waals surface area contributed by atoms with Gasteiger partial charge in [-0.2, -0.15) is 0 Å². The summed E-state index contributed by atoms with van der Waals surface area (Å²) in [7, 11) is -3.60. The van der Waals surface area contributed by atoms with Crippen LogP contribution in [0.25, 0.3) is 0 Å². The van der Waals surface area contributed by atoms with Crippen molar-refractivity contribution in [2.24, 2.45) is 5.73 Å². The largest absolute Gasteiger partial charge is 0.349 e. The Bertz CT molecular complexity index is 665. The smallest absolute Gasteiger partial charge is 0.263 e. The number of anilines is 1. The average Bonchev–Trinajstić information content (AvgIpc) is 2.84. The maximum absolute atomic E-state index is 12.3. The predicted molar refractivity (Wildman–Crippen MR) is 77.7 cm³/mol. The number of hydrogen-bond donors (Lipinski definition) is 2. The van der Waals surface area contributed by atoms with Gasteiger partial charge in [0.25, 0.3) is 10.0 Å². The van der Waals surface area contributed by atoms with Crippen LogP contribution in [-0.2, 0) is 23.1 Å². The zero-order chi connectivity index (χ0) is 14.6. The van der Waals surface area contributed by atoms with Gasteiger partial charge in [-0.1, -0.05) is 6.92 Å². The maximum Gasteiger partial charge on any atom is 0.263 e. The van der Waals surface area contributed by atoms with Gasteiger partial charge >= 0.3 is 0 Å². The molecule has 2 rings (SSSR count). The van der Waals surface area contributed by atoms with Gasteiger partial charge in [0.05, 0.1) is 5.69 Å². The number of aryl methyl sites for hydroxylation is 1. The number of nitrogens with two attached hydrogens (primary N) is 1. The van der Waals surface area contributed by atoms with E-state index in [0.717, 1.165) is 18.7 Å². The Morgan fingerprint density at radius 2 is 2.05 bits per heavy atom. The lowest BCUT2D eigenvalue weighted by Crippen LogP contribution is -2.12. The van der Waals surface area contributed by atoms with Gasteiger partial charge in [0, 0.05) is 37.4 Å². The summed E-state index contributed by atoms with van der Waals surface area (Å²) in [6.07, 6.45) is 5.60. The number of nitrogens with zero attached hydrogens (tertiary/aromatic N) is 2. The number of pyridine rings is 1. The first kappa shape index (κ1) is 14.5. The summed E-state index contributed by atoms with van der Waals surface area (Å²) in [5, 5.41) is 0. The minimum Gasteiger partial charge on any atom is -0.349 e. The molecule has 0 fully saturated rings. The summed E-state index contributed by atoms with van der Waals surface area (Å²) in [6.45, 7) is 3.09. The van der Waals surface area contributed by atoms with Crippen LogP contribution in [0, 0.1) is 0 Å². The molecule has 6 nitrogen and oxygen atoms in total. The molecule has 7 heteroatoms. The number of rotatable bonds is 6. The molecule has 2 aromatic heterocycles. The van der Waals surface area contributed by atoms with E-state index < -0.39 is 10.0 Å². The van der Waals surface area contributed by atoms with E-state index in [1.54, 1.807) is 24.4 Å². The molecular formula is C13H18N4O2S. The van der Waals surface area contributed by atoms with Crippen molar-refractivity contribution in [1.82, 2.24) is 9.55 Å². The van der Waals surface area contributed by atoms with Gasteiger partial charge in [0.15, 0.2) is 0 Å². The minimum atomic E-state index is -3.60. The van der Waals surface area contributed by atoms with Crippen molar-refractivity contribution in [2.45, 2.75) is 31.3 Å². The fraction of sp³-hybridized carbons (Fsp3) is 0.308. The van der Waals surface area contributed by atoms with Crippen LogP contribution in [0.1, 0.15) is 19.0 Å². The first-order valence-corrected chi connectivity index (χ1v) is 7.87. The van der Waals surface area contributed by atoms with Crippen molar-refractivity contribution in [3.05, 3.63) is 42.5 Å². The summed E-state index contributed by atoms with van der Waals surface area (Å²) >= 11 is 0. The van der Waals surface area contributed by atoms with E-state index in [-0.39, 0.29) is 4.90 Å². The molecule has 0 aliphatic carbocycles. The highest BCUT2D eigenvalue weighted by atomic mass is 32.2. The summed E-state index contributed by atoms with van der Waals surface area (Å²) in [4.78, 5) is 4.07. The molecule has 2 heterocycles. The number of aromatic nitrogens is 2. The van der Waals surface area contributed by atoms with Crippen LogP contribution in [0.2, 0.25) is 0 Å². The van der Waals surface area contributed by atoms with Crippen LogP contribution in [0.15, 0.2) is 41.7 Å². The van der Waals surface area contributed by atoms with E-state index in [0.29, 0.717) is 12.2 Å². The summed E-state index contributed by atoms with van der Waals surface area (Å²) in [5.41, 5.74) is 6.94. The third-order valence-corrected chi connectivity index (χ3v) is 4.23. The molecule has 0 aromatic carbocycles. The third-order valence-electron chi connectivity index (χ3n) is 2.88. The summed E-state index contributed by atoms with van der Waals surface area (Å²) < 4.78 is 29.0. The van der Waals surface area contributed by atoms with Gasteiger partial charge in [-0.3, -0.25) is 9.71 Å². The normalized spacial score (nSPS) is 11.5. The van der Waals surface area contributed by atoms with Gasteiger partial charge in [0.2, 0.25) is 0 Å². The van der Waals surface area contributed by atoms with Gasteiger partial charge < -0.3 is 10.3 Å². The Labute approximate surface area is 118 Å². The Morgan fingerprint density at radius 1 is 1.35 bits per heavy atom. The van der Waals surface area contributed by atoms with Crippen molar-refractivity contribution < 1.29 is 8.42 Å². The van der Waals surface area contributed by atoms with E-state index >= 15 is 0 Å². The molecule has 0 saturated carbocycles. The Balaban J connectivity index is 2.30. The second-order valence-corrected chi connectivity index (χ2v) is 6.09. The lowest BCUT2D eigenvalue weighted by Gasteiger charge is -2.05. The van der Waals surface area contributed by atoms with Crippen LogP contribution < -0.4 is 10.5 Å². The number of nitrogens with one attached hydrogen (secondary N) is 1. The van der Waals surface area contributed by atoms with Crippen molar-refractivity contribution in [3.8, 4) is 0 Å². The molecule has 0 atom stereocenters. The second-order valence-electron chi connectivity index (χ2n) is 4.41. The van der Waals surface area contributed by atoms with Gasteiger partial charge in [0.1, 0.15) is 4.90 Å². The number of hydrogen-bond acceptors (Lipinski definition) is 4. The Hall–Kier alpha value is -1.86. The second kappa shape index (κ2) is 6.06. The summed E-state index contributed by atoms with van der Waals surface area (Å²) in [5.74, 6) is 0. The molecule has 0 bridgehead atoms. The molecule has 20 heavy (non-hydrogen) atoms. The standard InChI is InChI=1S/C13H18N4O2S/c1-2-7-17-10-13(8-12(17)9-14)20(18,19)16-11-3-5-15-6-4-11/h3-6,8,10H,2,7,9,14H2,1H3,(H,15,16). The van der Waals surface area contributed by atoms with Gasteiger partial charge in [-0.15, -0.1) is 0 Å². The van der Waals surface area contributed by atoms with Gasteiger partial charge in [-0.05, 0) is 24.6 Å². The molecule has 2 aromatic rings. The molecule has 0 amide bonds.